The van der Waals surface area contributed by atoms with Gasteiger partial charge in [0.1, 0.15) is 0 Å². The van der Waals surface area contributed by atoms with Crippen LogP contribution in [0.1, 0.15) is 43.9 Å². The van der Waals surface area contributed by atoms with Crippen molar-refractivity contribution in [1.82, 2.24) is 0 Å². The Hall–Kier alpha value is -0.0500. The van der Waals surface area contributed by atoms with Crippen molar-refractivity contribution in [2.24, 2.45) is 5.41 Å². The lowest BCUT2D eigenvalue weighted by atomic mass is 9.71. The number of thiophene rings is 1. The first-order chi connectivity index (χ1) is 7.60. The topological polar surface area (TPSA) is 20.2 Å². The third-order valence-electron chi connectivity index (χ3n) is 3.82. The molecule has 1 aliphatic carbocycles. The van der Waals surface area contributed by atoms with Crippen LogP contribution in [0.3, 0.4) is 0 Å². The average Bonchev–Trinajstić information content (AvgIpc) is 2.65. The Morgan fingerprint density at radius 1 is 1.38 bits per heavy atom. The Labute approximate surface area is 106 Å². The first-order valence-electron chi connectivity index (χ1n) is 6.02. The lowest BCUT2D eigenvalue weighted by Gasteiger charge is -2.37. The Kier molecular flexibility index (Phi) is 3.93. The smallest absolute Gasteiger partial charge is 0.0931 e. The SMILES string of the molecule is CC1(C(O)Cc2ccc(Cl)s2)CCCCC1. The van der Waals surface area contributed by atoms with Gasteiger partial charge in [0.05, 0.1) is 10.4 Å². The minimum Gasteiger partial charge on any atom is -0.392 e. The van der Waals surface area contributed by atoms with Gasteiger partial charge in [0.15, 0.2) is 0 Å². The molecule has 1 aromatic heterocycles. The minimum absolute atomic E-state index is 0.120. The van der Waals surface area contributed by atoms with Crippen molar-refractivity contribution in [2.45, 2.75) is 51.6 Å². The Morgan fingerprint density at radius 2 is 2.06 bits per heavy atom. The van der Waals surface area contributed by atoms with Gasteiger partial charge in [-0.25, -0.2) is 0 Å². The molecule has 0 spiro atoms. The van der Waals surface area contributed by atoms with Gasteiger partial charge >= 0.3 is 0 Å². The highest BCUT2D eigenvalue weighted by Gasteiger charge is 2.34. The molecule has 1 fully saturated rings. The van der Waals surface area contributed by atoms with E-state index in [1.807, 2.05) is 12.1 Å². The molecular weight excluding hydrogens is 240 g/mol. The molecule has 0 aromatic carbocycles. The quantitative estimate of drug-likeness (QED) is 0.858. The van der Waals surface area contributed by atoms with Crippen molar-refractivity contribution in [2.75, 3.05) is 0 Å². The van der Waals surface area contributed by atoms with E-state index in [9.17, 15) is 5.11 Å². The number of aliphatic hydroxyl groups excluding tert-OH is 1. The average molecular weight is 259 g/mol. The highest BCUT2D eigenvalue weighted by atomic mass is 35.5. The van der Waals surface area contributed by atoms with Gasteiger partial charge in [0.2, 0.25) is 0 Å². The molecule has 3 heteroatoms. The van der Waals surface area contributed by atoms with Gasteiger partial charge in [-0.1, -0.05) is 37.8 Å². The molecule has 1 N–H and O–H groups in total. The van der Waals surface area contributed by atoms with E-state index in [4.69, 9.17) is 11.6 Å². The second-order valence-corrected chi connectivity index (χ2v) is 6.94. The van der Waals surface area contributed by atoms with Crippen LogP contribution in [0.15, 0.2) is 12.1 Å². The van der Waals surface area contributed by atoms with Crippen LogP contribution in [-0.2, 0) is 6.42 Å². The fraction of sp³-hybridized carbons (Fsp3) is 0.692. The van der Waals surface area contributed by atoms with E-state index in [0.717, 1.165) is 23.6 Å². The number of aliphatic hydroxyl groups is 1. The Balaban J connectivity index is 1.98. The van der Waals surface area contributed by atoms with Gasteiger partial charge in [-0.3, -0.25) is 0 Å². The standard InChI is InChI=1S/C13H19ClOS/c1-13(7-3-2-4-8-13)11(15)9-10-5-6-12(14)16-10/h5-6,11,15H,2-4,7-9H2,1H3. The maximum atomic E-state index is 10.4. The third-order valence-corrected chi connectivity index (χ3v) is 5.08. The predicted molar refractivity (Wildman–Crippen MR) is 70.2 cm³/mol. The van der Waals surface area contributed by atoms with Crippen molar-refractivity contribution < 1.29 is 5.11 Å². The molecule has 1 nitrogen and oxygen atoms in total. The van der Waals surface area contributed by atoms with Gasteiger partial charge in [0.25, 0.3) is 0 Å². The van der Waals surface area contributed by atoms with Crippen LogP contribution >= 0.6 is 22.9 Å². The molecule has 2 rings (SSSR count). The summed E-state index contributed by atoms with van der Waals surface area (Å²) < 4.78 is 0.816. The van der Waals surface area contributed by atoms with Crippen LogP contribution < -0.4 is 0 Å². The van der Waals surface area contributed by atoms with Gasteiger partial charge in [-0.05, 0) is 30.4 Å². The molecule has 90 valence electrons. The summed E-state index contributed by atoms with van der Waals surface area (Å²) in [4.78, 5) is 1.20. The molecular formula is C13H19ClOS. The maximum Gasteiger partial charge on any atom is 0.0931 e. The molecule has 1 saturated carbocycles. The number of hydrogen-bond donors (Lipinski definition) is 1. The second kappa shape index (κ2) is 5.07. The molecule has 0 saturated heterocycles. The van der Waals surface area contributed by atoms with Crippen LogP contribution in [-0.4, -0.2) is 11.2 Å². The first kappa shape index (κ1) is 12.4. The zero-order valence-electron chi connectivity index (χ0n) is 9.71. The lowest BCUT2D eigenvalue weighted by molar-refractivity contribution is 0.0109. The number of halogens is 1. The third kappa shape index (κ3) is 2.79. The van der Waals surface area contributed by atoms with Crippen molar-refractivity contribution in [1.29, 1.82) is 0 Å². The van der Waals surface area contributed by atoms with Gasteiger partial charge < -0.3 is 5.11 Å². The highest BCUT2D eigenvalue weighted by Crippen LogP contribution is 2.40. The van der Waals surface area contributed by atoms with E-state index in [1.165, 1.54) is 24.1 Å². The fourth-order valence-electron chi connectivity index (χ4n) is 2.59. The van der Waals surface area contributed by atoms with E-state index >= 15 is 0 Å². The molecule has 1 aliphatic rings. The number of rotatable bonds is 3. The summed E-state index contributed by atoms with van der Waals surface area (Å²) in [5.74, 6) is 0. The van der Waals surface area contributed by atoms with Crippen LogP contribution in [0, 0.1) is 5.41 Å². The van der Waals surface area contributed by atoms with Crippen LogP contribution in [0.2, 0.25) is 4.34 Å². The molecule has 1 heterocycles. The van der Waals surface area contributed by atoms with Gasteiger partial charge in [0, 0.05) is 11.3 Å². The number of hydrogen-bond acceptors (Lipinski definition) is 2. The monoisotopic (exact) mass is 258 g/mol. The van der Waals surface area contributed by atoms with E-state index < -0.39 is 0 Å². The van der Waals surface area contributed by atoms with Crippen molar-refractivity contribution in [3.63, 3.8) is 0 Å². The maximum absolute atomic E-state index is 10.4. The van der Waals surface area contributed by atoms with Gasteiger partial charge in [-0.15, -0.1) is 11.3 Å². The van der Waals surface area contributed by atoms with E-state index in [1.54, 1.807) is 11.3 Å². The van der Waals surface area contributed by atoms with Crippen LogP contribution in [0.4, 0.5) is 0 Å². The van der Waals surface area contributed by atoms with Crippen LogP contribution in [0.25, 0.3) is 0 Å². The Morgan fingerprint density at radius 3 is 2.62 bits per heavy atom. The molecule has 0 aliphatic heterocycles. The summed E-state index contributed by atoms with van der Waals surface area (Å²) in [6, 6.07) is 3.94. The van der Waals surface area contributed by atoms with Crippen molar-refractivity contribution in [3.8, 4) is 0 Å². The van der Waals surface area contributed by atoms with Gasteiger partial charge in [-0.2, -0.15) is 0 Å². The molecule has 0 radical (unpaired) electrons. The summed E-state index contributed by atoms with van der Waals surface area (Å²) in [6.07, 6.45) is 6.71. The Bertz CT molecular complexity index is 341. The fourth-order valence-corrected chi connectivity index (χ4v) is 3.72. The molecule has 1 unspecified atom stereocenters. The van der Waals surface area contributed by atoms with Crippen molar-refractivity contribution >= 4 is 22.9 Å². The minimum atomic E-state index is -0.220. The molecule has 0 bridgehead atoms. The second-order valence-electron chi connectivity index (χ2n) is 5.14. The predicted octanol–water partition coefficient (Wildman–Crippen LogP) is 4.28. The summed E-state index contributed by atoms with van der Waals surface area (Å²) >= 11 is 7.49. The zero-order valence-corrected chi connectivity index (χ0v) is 11.3. The van der Waals surface area contributed by atoms with Crippen LogP contribution in [0.5, 0.6) is 0 Å². The highest BCUT2D eigenvalue weighted by molar-refractivity contribution is 7.16. The molecule has 1 atom stereocenters. The van der Waals surface area contributed by atoms with E-state index in [2.05, 4.69) is 6.92 Å². The summed E-state index contributed by atoms with van der Waals surface area (Å²) in [7, 11) is 0. The first-order valence-corrected chi connectivity index (χ1v) is 7.22. The van der Waals surface area contributed by atoms with E-state index in [-0.39, 0.29) is 11.5 Å². The molecule has 0 amide bonds. The van der Waals surface area contributed by atoms with Crippen molar-refractivity contribution in [3.05, 3.63) is 21.3 Å². The molecule has 16 heavy (non-hydrogen) atoms. The summed E-state index contributed by atoms with van der Waals surface area (Å²) in [5.41, 5.74) is 0.120. The van der Waals surface area contributed by atoms with E-state index in [0.29, 0.717) is 0 Å². The normalized spacial score (nSPS) is 21.9. The molecule has 1 aromatic rings. The summed E-state index contributed by atoms with van der Waals surface area (Å²) in [6.45, 7) is 2.23. The largest absolute Gasteiger partial charge is 0.392 e. The zero-order chi connectivity index (χ0) is 11.6. The summed E-state index contributed by atoms with van der Waals surface area (Å²) in [5, 5.41) is 10.4. The lowest BCUT2D eigenvalue weighted by Crippen LogP contribution is -2.35.